The van der Waals surface area contributed by atoms with E-state index in [9.17, 15) is 31.1 Å². The Kier molecular flexibility index (Phi) is 6.29. The number of allylic oxidation sites excluding steroid dienone is 1. The Morgan fingerprint density at radius 1 is 1.28 bits per heavy atom. The molecule has 13 heteroatoms. The fraction of sp³-hybridized carbons (Fsp3) is 0.250. The van der Waals surface area contributed by atoms with Crippen molar-refractivity contribution in [2.75, 3.05) is 7.05 Å². The fourth-order valence-electron chi connectivity index (χ4n) is 2.00. The zero-order valence-corrected chi connectivity index (χ0v) is 14.6. The van der Waals surface area contributed by atoms with Crippen LogP contribution in [0.5, 0.6) is 0 Å². The van der Waals surface area contributed by atoms with Crippen molar-refractivity contribution in [3.05, 3.63) is 47.6 Å². The molecule has 0 unspecified atom stereocenters. The first kappa shape index (κ1) is 21.9. The maximum Gasteiger partial charge on any atom is 0.433 e. The number of amides is 1. The molecule has 2 aromatic rings. The molecule has 7 nitrogen and oxygen atoms in total. The first-order valence-corrected chi connectivity index (χ1v) is 7.70. The minimum absolute atomic E-state index is 0.0435. The molecule has 0 atom stereocenters. The Morgan fingerprint density at radius 3 is 2.55 bits per heavy atom. The normalized spacial score (nSPS) is 13.5. The van der Waals surface area contributed by atoms with Crippen molar-refractivity contribution >= 4 is 11.6 Å². The van der Waals surface area contributed by atoms with Crippen LogP contribution in [0.4, 0.5) is 26.3 Å². The molecule has 3 N–H and O–H groups in total. The quantitative estimate of drug-likeness (QED) is 0.571. The van der Waals surface area contributed by atoms with E-state index in [1.807, 2.05) is 0 Å². The van der Waals surface area contributed by atoms with Gasteiger partial charge in [-0.2, -0.15) is 26.3 Å². The van der Waals surface area contributed by atoms with E-state index >= 15 is 0 Å². The second kappa shape index (κ2) is 8.32. The first-order chi connectivity index (χ1) is 13.4. The summed E-state index contributed by atoms with van der Waals surface area (Å²) in [4.78, 5) is 18.6. The zero-order chi connectivity index (χ0) is 21.8. The minimum atomic E-state index is -4.82. The monoisotopic (exact) mass is 421 g/mol. The summed E-state index contributed by atoms with van der Waals surface area (Å²) in [5.74, 6) is -0.928. The Balaban J connectivity index is 2.09. The van der Waals surface area contributed by atoms with Crippen molar-refractivity contribution in [3.63, 3.8) is 0 Å². The largest absolute Gasteiger partial charge is 0.433 e. The molecule has 0 radical (unpaired) electrons. The number of carbonyl (C=O) groups is 1. The van der Waals surface area contributed by atoms with Gasteiger partial charge in [-0.3, -0.25) is 14.8 Å². The van der Waals surface area contributed by atoms with Gasteiger partial charge in [0.1, 0.15) is 22.8 Å². The highest BCUT2D eigenvalue weighted by molar-refractivity contribution is 6.43. The fourth-order valence-corrected chi connectivity index (χ4v) is 2.00. The van der Waals surface area contributed by atoms with Gasteiger partial charge < -0.3 is 15.6 Å². The SMILES string of the molecule is CN=C(/C=C(\N)C(F)(F)F)C(=O)NCc1cc(-c2ccnc(C(F)(F)F)c2)no1. The van der Waals surface area contributed by atoms with Crippen LogP contribution in [0.25, 0.3) is 11.3 Å². The maximum atomic E-state index is 12.7. The number of aromatic nitrogens is 2. The van der Waals surface area contributed by atoms with Crippen LogP contribution in [-0.4, -0.2) is 35.0 Å². The van der Waals surface area contributed by atoms with Crippen molar-refractivity contribution in [1.82, 2.24) is 15.5 Å². The van der Waals surface area contributed by atoms with Crippen molar-refractivity contribution in [2.24, 2.45) is 10.7 Å². The van der Waals surface area contributed by atoms with Crippen LogP contribution in [0.1, 0.15) is 11.5 Å². The van der Waals surface area contributed by atoms with Gasteiger partial charge in [0.05, 0.1) is 6.54 Å². The smallest absolute Gasteiger partial charge is 0.395 e. The summed E-state index contributed by atoms with van der Waals surface area (Å²) in [6.07, 6.45) is -8.14. The summed E-state index contributed by atoms with van der Waals surface area (Å²) in [7, 11) is 1.10. The molecule has 0 aromatic carbocycles. The molecule has 2 rings (SSSR count). The average Bonchev–Trinajstić information content (AvgIpc) is 3.11. The minimum Gasteiger partial charge on any atom is -0.395 e. The molecular formula is C16H13F6N5O2. The summed E-state index contributed by atoms with van der Waals surface area (Å²) in [6, 6.07) is 3.31. The van der Waals surface area contributed by atoms with Crippen LogP contribution in [0.2, 0.25) is 0 Å². The maximum absolute atomic E-state index is 12.7. The molecule has 0 saturated heterocycles. The van der Waals surface area contributed by atoms with E-state index in [0.717, 1.165) is 19.3 Å². The molecule has 0 saturated carbocycles. The van der Waals surface area contributed by atoms with Crippen LogP contribution in [0.15, 0.2) is 45.7 Å². The number of carbonyl (C=O) groups excluding carboxylic acids is 1. The molecule has 2 aromatic heterocycles. The van der Waals surface area contributed by atoms with E-state index in [4.69, 9.17) is 10.3 Å². The number of aliphatic imine (C=N–C) groups is 1. The van der Waals surface area contributed by atoms with E-state index in [1.165, 1.54) is 12.1 Å². The molecular weight excluding hydrogens is 408 g/mol. The second-order valence-electron chi connectivity index (χ2n) is 5.49. The van der Waals surface area contributed by atoms with Gasteiger partial charge in [-0.25, -0.2) is 0 Å². The van der Waals surface area contributed by atoms with Crippen molar-refractivity contribution in [3.8, 4) is 11.3 Å². The second-order valence-corrected chi connectivity index (χ2v) is 5.49. The lowest BCUT2D eigenvalue weighted by Gasteiger charge is -2.07. The van der Waals surface area contributed by atoms with Gasteiger partial charge in [0, 0.05) is 24.9 Å². The van der Waals surface area contributed by atoms with Gasteiger partial charge in [0.15, 0.2) is 5.76 Å². The molecule has 156 valence electrons. The van der Waals surface area contributed by atoms with Crippen molar-refractivity contribution < 1.29 is 35.7 Å². The third kappa shape index (κ3) is 5.80. The predicted octanol–water partition coefficient (Wildman–Crippen LogP) is 2.85. The standard InChI is InChI=1S/C16H13F6N5O2/c1-24-11(6-12(23)15(17,18)19)14(28)26-7-9-5-10(27-29-9)8-2-3-25-13(4-8)16(20,21)22/h2-6H,7,23H2,1H3,(H,26,28)/b12-6-,24-11?. The molecule has 1 amide bonds. The Bertz CT molecular complexity index is 946. The Hall–Kier alpha value is -3.38. The lowest BCUT2D eigenvalue weighted by atomic mass is 10.1. The predicted molar refractivity (Wildman–Crippen MR) is 88.3 cm³/mol. The Morgan fingerprint density at radius 2 is 1.97 bits per heavy atom. The number of nitrogens with one attached hydrogen (secondary N) is 1. The Labute approximate surface area is 159 Å². The van der Waals surface area contributed by atoms with E-state index in [0.29, 0.717) is 6.08 Å². The zero-order valence-electron chi connectivity index (χ0n) is 14.6. The number of nitrogens with two attached hydrogens (primary N) is 1. The highest BCUT2D eigenvalue weighted by Crippen LogP contribution is 2.30. The summed E-state index contributed by atoms with van der Waals surface area (Å²) < 4.78 is 80.4. The molecule has 29 heavy (non-hydrogen) atoms. The molecule has 0 fully saturated rings. The topological polar surface area (TPSA) is 106 Å². The summed E-state index contributed by atoms with van der Waals surface area (Å²) in [5.41, 5.74) is 1.76. The molecule has 0 aliphatic heterocycles. The van der Waals surface area contributed by atoms with E-state index in [-0.39, 0.29) is 23.6 Å². The van der Waals surface area contributed by atoms with Crippen molar-refractivity contribution in [1.29, 1.82) is 0 Å². The molecule has 0 spiro atoms. The van der Waals surface area contributed by atoms with Gasteiger partial charge in [-0.1, -0.05) is 5.16 Å². The number of halogens is 6. The van der Waals surface area contributed by atoms with Gasteiger partial charge in [-0.15, -0.1) is 0 Å². The first-order valence-electron chi connectivity index (χ1n) is 7.70. The van der Waals surface area contributed by atoms with E-state index in [1.54, 1.807) is 0 Å². The lowest BCUT2D eigenvalue weighted by Crippen LogP contribution is -2.31. The van der Waals surface area contributed by atoms with Crippen molar-refractivity contribution in [2.45, 2.75) is 18.9 Å². The summed E-state index contributed by atoms with van der Waals surface area (Å²) in [5, 5.41) is 5.84. The highest BCUT2D eigenvalue weighted by Gasteiger charge is 2.33. The third-order valence-electron chi connectivity index (χ3n) is 3.42. The third-order valence-corrected chi connectivity index (χ3v) is 3.42. The van der Waals surface area contributed by atoms with E-state index < -0.39 is 35.4 Å². The summed E-state index contributed by atoms with van der Waals surface area (Å²) in [6.45, 7) is -0.304. The molecule has 0 bridgehead atoms. The van der Waals surface area contributed by atoms with Crippen LogP contribution < -0.4 is 11.1 Å². The summed E-state index contributed by atoms with van der Waals surface area (Å²) >= 11 is 0. The van der Waals surface area contributed by atoms with Gasteiger partial charge >= 0.3 is 12.4 Å². The van der Waals surface area contributed by atoms with E-state index in [2.05, 4.69) is 20.4 Å². The van der Waals surface area contributed by atoms with Gasteiger partial charge in [-0.05, 0) is 18.2 Å². The molecule has 2 heterocycles. The van der Waals surface area contributed by atoms with Crippen LogP contribution in [0, 0.1) is 0 Å². The number of nitrogens with zero attached hydrogens (tertiary/aromatic N) is 3. The number of alkyl halides is 6. The van der Waals surface area contributed by atoms with Crippen LogP contribution in [-0.2, 0) is 17.5 Å². The van der Waals surface area contributed by atoms with Gasteiger partial charge in [0.2, 0.25) is 0 Å². The number of rotatable bonds is 5. The number of hydrogen-bond donors (Lipinski definition) is 2. The molecule has 0 aliphatic carbocycles. The number of pyridine rings is 1. The lowest BCUT2D eigenvalue weighted by molar-refractivity contribution is -0.141. The van der Waals surface area contributed by atoms with Crippen LogP contribution in [0.3, 0.4) is 0 Å². The number of hydrogen-bond acceptors (Lipinski definition) is 6. The average molecular weight is 421 g/mol. The van der Waals surface area contributed by atoms with Crippen LogP contribution >= 0.6 is 0 Å². The van der Waals surface area contributed by atoms with Gasteiger partial charge in [0.25, 0.3) is 5.91 Å². The highest BCUT2D eigenvalue weighted by atomic mass is 19.4. The molecule has 0 aliphatic rings.